The van der Waals surface area contributed by atoms with Gasteiger partial charge >= 0.3 is 0 Å². The van der Waals surface area contributed by atoms with Crippen molar-refractivity contribution < 1.29 is 13.2 Å². The number of nitrogens with zero attached hydrogens (tertiary/aromatic N) is 3. The number of carbonyl (C=O) groups excluding carboxylic acids is 1. The third kappa shape index (κ3) is 5.08. The molecule has 29 heavy (non-hydrogen) atoms. The molecule has 1 aliphatic rings. The average molecular weight is 435 g/mol. The first-order valence-corrected chi connectivity index (χ1v) is 12.2. The second kappa shape index (κ2) is 8.71. The predicted molar refractivity (Wildman–Crippen MR) is 116 cm³/mol. The molecule has 156 valence electrons. The van der Waals surface area contributed by atoms with Crippen molar-refractivity contribution in [3.05, 3.63) is 47.8 Å². The van der Waals surface area contributed by atoms with Crippen molar-refractivity contribution in [1.82, 2.24) is 14.8 Å². The van der Waals surface area contributed by atoms with Gasteiger partial charge in [0.1, 0.15) is 5.82 Å². The van der Waals surface area contributed by atoms with Crippen LogP contribution >= 0.6 is 11.8 Å². The first-order chi connectivity index (χ1) is 13.7. The number of allylic oxidation sites excluding steroid dienone is 1. The Morgan fingerprint density at radius 3 is 2.83 bits per heavy atom. The number of amides is 1. The zero-order chi connectivity index (χ0) is 21.2. The van der Waals surface area contributed by atoms with E-state index in [0.29, 0.717) is 23.9 Å². The average Bonchev–Trinajstić information content (AvgIpc) is 3.21. The number of carbonyl (C=O) groups is 1. The van der Waals surface area contributed by atoms with E-state index in [0.717, 1.165) is 16.8 Å². The molecule has 3 rings (SSSR count). The zero-order valence-electron chi connectivity index (χ0n) is 16.9. The van der Waals surface area contributed by atoms with Crippen molar-refractivity contribution >= 4 is 33.2 Å². The van der Waals surface area contributed by atoms with Gasteiger partial charge in [-0.15, -0.1) is 16.8 Å². The van der Waals surface area contributed by atoms with E-state index in [1.165, 1.54) is 11.8 Å². The van der Waals surface area contributed by atoms with Crippen LogP contribution in [0.15, 0.2) is 36.0 Å². The highest BCUT2D eigenvalue weighted by molar-refractivity contribution is 8.00. The Kier molecular flexibility index (Phi) is 6.48. The van der Waals surface area contributed by atoms with Gasteiger partial charge in [0.25, 0.3) is 0 Å². The Morgan fingerprint density at radius 2 is 2.17 bits per heavy atom. The SMILES string of the molecule is C=CCn1c(SC(C)C(=O)Nc2cc(C)ccc2C)nnc1C1CCS(=O)(=O)C1. The molecule has 1 N–H and O–H groups in total. The summed E-state index contributed by atoms with van der Waals surface area (Å²) in [4.78, 5) is 12.7. The molecule has 0 radical (unpaired) electrons. The van der Waals surface area contributed by atoms with E-state index in [2.05, 4.69) is 22.1 Å². The summed E-state index contributed by atoms with van der Waals surface area (Å²) < 4.78 is 25.6. The number of hydrogen-bond donors (Lipinski definition) is 1. The van der Waals surface area contributed by atoms with Crippen molar-refractivity contribution in [3.63, 3.8) is 0 Å². The Bertz CT molecular complexity index is 1030. The summed E-state index contributed by atoms with van der Waals surface area (Å²) >= 11 is 1.31. The van der Waals surface area contributed by atoms with Crippen LogP contribution in [0.1, 0.15) is 36.2 Å². The fraction of sp³-hybridized carbons (Fsp3) is 0.450. The van der Waals surface area contributed by atoms with E-state index >= 15 is 0 Å². The van der Waals surface area contributed by atoms with Crippen LogP contribution in [0, 0.1) is 13.8 Å². The van der Waals surface area contributed by atoms with Gasteiger partial charge in [-0.05, 0) is 44.4 Å². The topological polar surface area (TPSA) is 93.9 Å². The Hall–Kier alpha value is -2.13. The molecule has 2 unspecified atom stereocenters. The summed E-state index contributed by atoms with van der Waals surface area (Å²) in [6.45, 7) is 10.00. The summed E-state index contributed by atoms with van der Waals surface area (Å²) in [6, 6.07) is 5.93. The van der Waals surface area contributed by atoms with Gasteiger partial charge < -0.3 is 9.88 Å². The Balaban J connectivity index is 1.76. The maximum atomic E-state index is 12.7. The van der Waals surface area contributed by atoms with Gasteiger partial charge in [-0.3, -0.25) is 4.79 Å². The monoisotopic (exact) mass is 434 g/mol. The molecule has 0 bridgehead atoms. The van der Waals surface area contributed by atoms with Crippen molar-refractivity contribution in [3.8, 4) is 0 Å². The van der Waals surface area contributed by atoms with Gasteiger partial charge in [-0.25, -0.2) is 8.42 Å². The van der Waals surface area contributed by atoms with E-state index in [4.69, 9.17) is 0 Å². The van der Waals surface area contributed by atoms with Crippen LogP contribution in [0.2, 0.25) is 0 Å². The van der Waals surface area contributed by atoms with Crippen molar-refractivity contribution in [1.29, 1.82) is 0 Å². The molecule has 1 aromatic carbocycles. The summed E-state index contributed by atoms with van der Waals surface area (Å²) in [5.41, 5.74) is 2.88. The molecule has 1 amide bonds. The standard InChI is InChI=1S/C20H26N4O3S2/c1-5-9-24-18(16-8-10-29(26,27)12-16)22-23-20(24)28-15(4)19(25)21-17-11-13(2)6-7-14(17)3/h5-7,11,15-16H,1,8-10,12H2,2-4H3,(H,21,25). The quantitative estimate of drug-likeness (QED) is 0.532. The van der Waals surface area contributed by atoms with Gasteiger partial charge in [-0.2, -0.15) is 0 Å². The molecule has 2 atom stereocenters. The largest absolute Gasteiger partial charge is 0.325 e. The van der Waals surface area contributed by atoms with Crippen LogP contribution in [0.4, 0.5) is 5.69 Å². The minimum absolute atomic E-state index is 0.0929. The highest BCUT2D eigenvalue weighted by Crippen LogP contribution is 2.31. The number of anilines is 1. The number of rotatable bonds is 7. The van der Waals surface area contributed by atoms with E-state index in [9.17, 15) is 13.2 Å². The van der Waals surface area contributed by atoms with Gasteiger partial charge in [0, 0.05) is 18.2 Å². The summed E-state index contributed by atoms with van der Waals surface area (Å²) in [5, 5.41) is 11.7. The maximum absolute atomic E-state index is 12.7. The van der Waals surface area contributed by atoms with Crippen molar-refractivity contribution in [2.24, 2.45) is 0 Å². The second-order valence-electron chi connectivity index (χ2n) is 7.41. The predicted octanol–water partition coefficient (Wildman–Crippen LogP) is 3.10. The Morgan fingerprint density at radius 1 is 1.41 bits per heavy atom. The number of hydrogen-bond acceptors (Lipinski definition) is 6. The van der Waals surface area contributed by atoms with E-state index in [-0.39, 0.29) is 23.3 Å². The van der Waals surface area contributed by atoms with Crippen LogP contribution in [0.5, 0.6) is 0 Å². The fourth-order valence-corrected chi connectivity index (χ4v) is 5.91. The zero-order valence-corrected chi connectivity index (χ0v) is 18.5. The number of benzene rings is 1. The van der Waals surface area contributed by atoms with E-state index in [1.54, 1.807) is 6.08 Å². The maximum Gasteiger partial charge on any atom is 0.237 e. The van der Waals surface area contributed by atoms with E-state index < -0.39 is 15.1 Å². The molecule has 9 heteroatoms. The van der Waals surface area contributed by atoms with Crippen LogP contribution in [-0.4, -0.2) is 45.8 Å². The number of aryl methyl sites for hydroxylation is 2. The second-order valence-corrected chi connectivity index (χ2v) is 10.9. The lowest BCUT2D eigenvalue weighted by Crippen LogP contribution is -2.23. The molecule has 0 spiro atoms. The molecule has 7 nitrogen and oxygen atoms in total. The minimum Gasteiger partial charge on any atom is -0.325 e. The molecule has 1 saturated heterocycles. The van der Waals surface area contributed by atoms with Gasteiger partial charge in [0.2, 0.25) is 5.91 Å². The lowest BCUT2D eigenvalue weighted by Gasteiger charge is -2.15. The van der Waals surface area contributed by atoms with Crippen molar-refractivity contribution in [2.75, 3.05) is 16.8 Å². The van der Waals surface area contributed by atoms with Gasteiger partial charge in [-0.1, -0.05) is 30.0 Å². The Labute approximate surface area is 175 Å². The summed E-state index contributed by atoms with van der Waals surface area (Å²) in [7, 11) is -3.02. The van der Waals surface area contributed by atoms with Gasteiger partial charge in [0.15, 0.2) is 15.0 Å². The highest BCUT2D eigenvalue weighted by atomic mass is 32.2. The number of thioether (sulfide) groups is 1. The molecule has 1 fully saturated rings. The van der Waals surface area contributed by atoms with Crippen molar-refractivity contribution in [2.45, 2.75) is 50.1 Å². The summed E-state index contributed by atoms with van der Waals surface area (Å²) in [5.74, 6) is 0.629. The molecule has 0 saturated carbocycles. The lowest BCUT2D eigenvalue weighted by molar-refractivity contribution is -0.115. The number of aromatic nitrogens is 3. The first-order valence-electron chi connectivity index (χ1n) is 9.49. The lowest BCUT2D eigenvalue weighted by atomic mass is 10.1. The van der Waals surface area contributed by atoms with Crippen LogP contribution < -0.4 is 5.32 Å². The van der Waals surface area contributed by atoms with E-state index in [1.807, 2.05) is 43.5 Å². The molecule has 2 heterocycles. The molecule has 0 aliphatic carbocycles. The third-order valence-corrected chi connectivity index (χ3v) is 7.81. The van der Waals surface area contributed by atoms with Crippen LogP contribution in [0.3, 0.4) is 0 Å². The van der Waals surface area contributed by atoms with Crippen LogP contribution in [-0.2, 0) is 21.2 Å². The number of nitrogens with one attached hydrogen (secondary N) is 1. The molecular weight excluding hydrogens is 408 g/mol. The highest BCUT2D eigenvalue weighted by Gasteiger charge is 2.33. The van der Waals surface area contributed by atoms with Crippen LogP contribution in [0.25, 0.3) is 0 Å². The minimum atomic E-state index is -3.02. The normalized spacial score (nSPS) is 19.1. The third-order valence-electron chi connectivity index (χ3n) is 4.96. The fourth-order valence-electron chi connectivity index (χ4n) is 3.31. The summed E-state index contributed by atoms with van der Waals surface area (Å²) in [6.07, 6.45) is 2.27. The molecule has 2 aromatic rings. The smallest absolute Gasteiger partial charge is 0.237 e. The first kappa shape index (κ1) is 21.6. The van der Waals surface area contributed by atoms with Gasteiger partial charge in [0.05, 0.1) is 16.8 Å². The molecule has 1 aromatic heterocycles. The molecule has 1 aliphatic heterocycles. The number of sulfone groups is 1. The molecular formula is C20H26N4O3S2.